The molecule has 1 aromatic rings. The number of halogens is 4. The lowest BCUT2D eigenvalue weighted by atomic mass is 10.2. The molecule has 0 radical (unpaired) electrons. The van der Waals surface area contributed by atoms with Crippen molar-refractivity contribution in [3.05, 3.63) is 28.8 Å². The molecule has 0 saturated carbocycles. The predicted molar refractivity (Wildman–Crippen MR) is 88.1 cm³/mol. The lowest BCUT2D eigenvalue weighted by molar-refractivity contribution is -0.137. The van der Waals surface area contributed by atoms with Gasteiger partial charge in [-0.25, -0.2) is 4.79 Å². The van der Waals surface area contributed by atoms with E-state index in [1.165, 1.54) is 9.80 Å². The number of rotatable bonds is 3. The monoisotopic (exact) mass is 416 g/mol. The fourth-order valence-corrected chi connectivity index (χ4v) is 3.11. The van der Waals surface area contributed by atoms with Crippen LogP contribution in [0.5, 0.6) is 0 Å². The Hall–Kier alpha value is -1.60. The minimum absolute atomic E-state index is 0.0571. The van der Waals surface area contributed by atoms with Crippen LogP contribution in [0, 0.1) is 0 Å². The van der Waals surface area contributed by atoms with E-state index in [0.717, 1.165) is 18.2 Å². The molecule has 1 aliphatic heterocycles. The number of nitrogens with two attached hydrogens (primary N) is 1. The zero-order valence-electron chi connectivity index (χ0n) is 13.2. The fraction of sp³-hybridized carbons (Fsp3) is 0.462. The van der Waals surface area contributed by atoms with Crippen molar-refractivity contribution in [1.82, 2.24) is 9.80 Å². The summed E-state index contributed by atoms with van der Waals surface area (Å²) in [5, 5.41) is 2.25. The Kier molecular flexibility index (Phi) is 6.02. The second kappa shape index (κ2) is 7.56. The predicted octanol–water partition coefficient (Wildman–Crippen LogP) is 1.64. The van der Waals surface area contributed by atoms with Crippen LogP contribution in [-0.4, -0.2) is 60.5 Å². The van der Waals surface area contributed by atoms with Gasteiger partial charge >= 0.3 is 12.2 Å². The van der Waals surface area contributed by atoms with Crippen LogP contribution in [0.1, 0.15) is 5.56 Å². The van der Waals surface area contributed by atoms with Crippen molar-refractivity contribution in [2.24, 2.45) is 5.73 Å². The van der Waals surface area contributed by atoms with Crippen LogP contribution in [0.3, 0.4) is 0 Å². The third-order valence-corrected chi connectivity index (χ3v) is 5.04. The third kappa shape index (κ3) is 4.98. The van der Waals surface area contributed by atoms with Gasteiger partial charge in [0.1, 0.15) is 0 Å². The molecule has 0 bridgehead atoms. The summed E-state index contributed by atoms with van der Waals surface area (Å²) in [5.41, 5.74) is 2.64. The first-order valence-corrected chi connectivity index (χ1v) is 9.16. The number of anilines is 1. The summed E-state index contributed by atoms with van der Waals surface area (Å²) in [4.78, 5) is 14.7. The number of carbonyl (C=O) groups is 1. The highest BCUT2D eigenvalue weighted by atomic mass is 35.5. The first-order valence-electron chi connectivity index (χ1n) is 7.28. The van der Waals surface area contributed by atoms with Crippen LogP contribution >= 0.6 is 11.6 Å². The van der Waals surface area contributed by atoms with Crippen LogP contribution in [0.15, 0.2) is 18.2 Å². The van der Waals surface area contributed by atoms with Crippen molar-refractivity contribution in [1.29, 1.82) is 0 Å². The number of benzene rings is 1. The van der Waals surface area contributed by atoms with E-state index in [9.17, 15) is 26.4 Å². The summed E-state index contributed by atoms with van der Waals surface area (Å²) in [6, 6.07) is 1.87. The van der Waals surface area contributed by atoms with E-state index in [0.29, 0.717) is 0 Å². The Morgan fingerprint density at radius 3 is 2.35 bits per heavy atom. The fourth-order valence-electron chi connectivity index (χ4n) is 2.36. The normalized spacial score (nSPS) is 17.8. The largest absolute Gasteiger partial charge is 0.416 e. The lowest BCUT2D eigenvalue weighted by Crippen LogP contribution is -2.57. The van der Waals surface area contributed by atoms with Crippen molar-refractivity contribution in [2.75, 3.05) is 31.5 Å². The molecule has 1 aliphatic rings. The van der Waals surface area contributed by atoms with E-state index in [1.54, 1.807) is 0 Å². The Balaban J connectivity index is 2.02. The summed E-state index contributed by atoms with van der Waals surface area (Å²) in [6.07, 6.45) is -4.58. The van der Waals surface area contributed by atoms with Gasteiger partial charge < -0.3 is 16.0 Å². The summed E-state index contributed by atoms with van der Waals surface area (Å²) in [6.45, 7) is 0.243. The molecule has 1 unspecified atom stereocenters. The molecule has 1 atom stereocenters. The number of nitrogens with zero attached hydrogens (tertiary/aromatic N) is 2. The first-order chi connectivity index (χ1) is 11.9. The van der Waals surface area contributed by atoms with Gasteiger partial charge in [-0.15, -0.1) is 0 Å². The van der Waals surface area contributed by atoms with Crippen molar-refractivity contribution >= 4 is 33.4 Å². The van der Waals surface area contributed by atoms with Gasteiger partial charge in [0.15, 0.2) is 5.50 Å². The van der Waals surface area contributed by atoms with Gasteiger partial charge in [0.05, 0.1) is 16.3 Å². The number of amides is 2. The van der Waals surface area contributed by atoms with Crippen LogP contribution in [0.25, 0.3) is 0 Å². The Labute approximate surface area is 152 Å². The van der Waals surface area contributed by atoms with E-state index in [1.807, 2.05) is 0 Å². The highest BCUT2D eigenvalue weighted by Gasteiger charge is 2.32. The zero-order chi connectivity index (χ0) is 19.7. The summed E-state index contributed by atoms with van der Waals surface area (Å²) < 4.78 is 69.3. The minimum Gasteiger partial charge on any atom is -0.322 e. The Morgan fingerprint density at radius 2 is 1.85 bits per heavy atom. The van der Waals surface area contributed by atoms with Crippen LogP contribution in [-0.2, 0) is 16.3 Å². The van der Waals surface area contributed by atoms with Gasteiger partial charge in [-0.3, -0.25) is 9.45 Å². The Morgan fingerprint density at radius 1 is 1.27 bits per heavy atom. The molecule has 146 valence electrons. The first kappa shape index (κ1) is 20.7. The van der Waals surface area contributed by atoms with Crippen LogP contribution < -0.4 is 11.1 Å². The minimum atomic E-state index is -4.58. The summed E-state index contributed by atoms with van der Waals surface area (Å²) >= 11 is 5.82. The second-order valence-corrected chi connectivity index (χ2v) is 7.47. The van der Waals surface area contributed by atoms with Crippen LogP contribution in [0.4, 0.5) is 23.7 Å². The number of piperazine rings is 1. The highest BCUT2D eigenvalue weighted by molar-refractivity contribution is 7.86. The topological polar surface area (TPSA) is 116 Å². The average Bonchev–Trinajstić information content (AvgIpc) is 2.54. The molecular formula is C13H16ClF3N4O4S. The molecule has 2 amide bonds. The summed E-state index contributed by atoms with van der Waals surface area (Å²) in [7, 11) is -4.45. The summed E-state index contributed by atoms with van der Waals surface area (Å²) in [5.74, 6) is 0. The van der Waals surface area contributed by atoms with Gasteiger partial charge in [-0.05, 0) is 18.2 Å². The lowest BCUT2D eigenvalue weighted by Gasteiger charge is -2.36. The van der Waals surface area contributed by atoms with E-state index in [-0.39, 0.29) is 36.9 Å². The second-order valence-electron chi connectivity index (χ2n) is 5.55. The SMILES string of the molecule is NC(N1CCN(C(=O)Nc2cc(C(F)(F)F)ccc2Cl)CC1)S(=O)(=O)O. The van der Waals surface area contributed by atoms with Crippen molar-refractivity contribution < 1.29 is 30.9 Å². The number of urea groups is 1. The molecule has 0 spiro atoms. The van der Waals surface area contributed by atoms with Gasteiger partial charge in [-0.2, -0.15) is 21.6 Å². The molecule has 13 heteroatoms. The van der Waals surface area contributed by atoms with E-state index >= 15 is 0 Å². The van der Waals surface area contributed by atoms with Gasteiger partial charge in [-0.1, -0.05) is 11.6 Å². The van der Waals surface area contributed by atoms with E-state index in [2.05, 4.69) is 5.32 Å². The smallest absolute Gasteiger partial charge is 0.322 e. The van der Waals surface area contributed by atoms with Gasteiger partial charge in [0, 0.05) is 26.2 Å². The number of carbonyl (C=O) groups excluding carboxylic acids is 1. The quantitative estimate of drug-likeness (QED) is 0.645. The molecule has 26 heavy (non-hydrogen) atoms. The molecule has 8 nitrogen and oxygen atoms in total. The third-order valence-electron chi connectivity index (χ3n) is 3.80. The van der Waals surface area contributed by atoms with Crippen LogP contribution in [0.2, 0.25) is 5.02 Å². The Bertz CT molecular complexity index is 782. The van der Waals surface area contributed by atoms with E-state index < -0.39 is 33.4 Å². The molecule has 1 saturated heterocycles. The number of hydrogen-bond donors (Lipinski definition) is 3. The van der Waals surface area contributed by atoms with Crippen molar-refractivity contribution in [2.45, 2.75) is 11.7 Å². The maximum atomic E-state index is 12.8. The average molecular weight is 417 g/mol. The molecule has 1 aromatic carbocycles. The molecule has 1 heterocycles. The van der Waals surface area contributed by atoms with E-state index in [4.69, 9.17) is 21.9 Å². The molecular weight excluding hydrogens is 401 g/mol. The van der Waals surface area contributed by atoms with Gasteiger partial charge in [0.2, 0.25) is 0 Å². The van der Waals surface area contributed by atoms with Crippen molar-refractivity contribution in [3.8, 4) is 0 Å². The maximum Gasteiger partial charge on any atom is 0.416 e. The number of alkyl halides is 3. The van der Waals surface area contributed by atoms with Gasteiger partial charge in [0.25, 0.3) is 10.1 Å². The molecule has 0 aromatic heterocycles. The molecule has 2 rings (SSSR count). The number of nitrogens with one attached hydrogen (secondary N) is 1. The zero-order valence-corrected chi connectivity index (χ0v) is 14.8. The molecule has 1 fully saturated rings. The molecule has 4 N–H and O–H groups in total. The number of hydrogen-bond acceptors (Lipinski definition) is 5. The van der Waals surface area contributed by atoms with Crippen molar-refractivity contribution in [3.63, 3.8) is 0 Å². The highest BCUT2D eigenvalue weighted by Crippen LogP contribution is 2.33. The standard InChI is InChI=1S/C13H16ClF3N4O4S/c14-9-2-1-8(13(15,16)17)7-10(9)19-12(22)21-5-3-20(4-6-21)11(18)26(23,24)25/h1-2,7,11H,3-6,18H2,(H,19,22)(H,23,24,25). The molecule has 0 aliphatic carbocycles. The maximum absolute atomic E-state index is 12.8.